The maximum absolute atomic E-state index is 4.57. The number of aliphatic imine (C=N–C) groups is 1. The molecule has 0 saturated carbocycles. The highest BCUT2D eigenvalue weighted by Gasteiger charge is 2.03. The molecule has 0 bridgehead atoms. The molecule has 1 fully saturated rings. The lowest BCUT2D eigenvalue weighted by atomic mass is 10.2. The maximum Gasteiger partial charge on any atom is 0.196 e. The number of hydrogen-bond acceptors (Lipinski definition) is 2. The van der Waals surface area contributed by atoms with Crippen molar-refractivity contribution >= 4 is 23.4 Å². The van der Waals surface area contributed by atoms with Crippen LogP contribution in [0.3, 0.4) is 0 Å². The Morgan fingerprint density at radius 2 is 1.80 bits per heavy atom. The minimum absolute atomic E-state index is 0.899. The van der Waals surface area contributed by atoms with Crippen molar-refractivity contribution in [1.29, 1.82) is 0 Å². The molecule has 0 radical (unpaired) electrons. The van der Waals surface area contributed by atoms with E-state index in [9.17, 15) is 0 Å². The van der Waals surface area contributed by atoms with Gasteiger partial charge >= 0.3 is 0 Å². The zero-order valence-electron chi connectivity index (χ0n) is 12.3. The Labute approximate surface area is 126 Å². The summed E-state index contributed by atoms with van der Waals surface area (Å²) in [5, 5.41) is 6.54. The first kappa shape index (κ1) is 15.2. The van der Waals surface area contributed by atoms with E-state index in [0.717, 1.165) is 31.2 Å². The van der Waals surface area contributed by atoms with Gasteiger partial charge in [-0.1, -0.05) is 26.2 Å². The predicted octanol–water partition coefficient (Wildman–Crippen LogP) is 3.93. The molecule has 4 heteroatoms. The lowest BCUT2D eigenvalue weighted by Crippen LogP contribution is -2.43. The van der Waals surface area contributed by atoms with E-state index >= 15 is 0 Å². The largest absolute Gasteiger partial charge is 0.356 e. The van der Waals surface area contributed by atoms with Crippen LogP contribution in [0.4, 0.5) is 5.69 Å². The molecule has 1 aliphatic rings. The third kappa shape index (κ3) is 5.45. The molecule has 0 spiro atoms. The molecule has 2 rings (SSSR count). The summed E-state index contributed by atoms with van der Waals surface area (Å²) >= 11 is 1.95. The van der Waals surface area contributed by atoms with E-state index in [1.807, 2.05) is 11.8 Å². The predicted molar refractivity (Wildman–Crippen MR) is 89.0 cm³/mol. The van der Waals surface area contributed by atoms with Gasteiger partial charge in [0.25, 0.3) is 0 Å². The average Bonchev–Trinajstić information content (AvgIpc) is 2.50. The summed E-state index contributed by atoms with van der Waals surface area (Å²) < 4.78 is 0. The second-order valence-electron chi connectivity index (χ2n) is 5.07. The smallest absolute Gasteiger partial charge is 0.196 e. The molecule has 3 nitrogen and oxygen atoms in total. The van der Waals surface area contributed by atoms with Crippen LogP contribution >= 0.6 is 11.8 Å². The van der Waals surface area contributed by atoms with Gasteiger partial charge in [-0.15, -0.1) is 11.8 Å². The molecule has 1 aliphatic heterocycles. The third-order valence-corrected chi connectivity index (χ3v) is 4.38. The van der Waals surface area contributed by atoms with Crippen molar-refractivity contribution in [2.75, 3.05) is 18.8 Å². The van der Waals surface area contributed by atoms with Gasteiger partial charge in [0.1, 0.15) is 0 Å². The van der Waals surface area contributed by atoms with E-state index in [2.05, 4.69) is 46.8 Å². The zero-order chi connectivity index (χ0) is 14.0. The van der Waals surface area contributed by atoms with Gasteiger partial charge in [-0.2, -0.15) is 0 Å². The van der Waals surface area contributed by atoms with E-state index in [4.69, 9.17) is 0 Å². The van der Waals surface area contributed by atoms with Crippen LogP contribution in [0.1, 0.15) is 39.0 Å². The first-order valence-corrected chi connectivity index (χ1v) is 8.66. The quantitative estimate of drug-likeness (QED) is 0.590. The zero-order valence-corrected chi connectivity index (χ0v) is 13.1. The first-order chi connectivity index (χ1) is 9.88. The fourth-order valence-corrected chi connectivity index (χ4v) is 3.02. The van der Waals surface area contributed by atoms with Gasteiger partial charge in [-0.25, -0.2) is 4.99 Å². The fourth-order valence-electron chi connectivity index (χ4n) is 2.11. The van der Waals surface area contributed by atoms with Crippen molar-refractivity contribution in [3.05, 3.63) is 24.3 Å². The Morgan fingerprint density at radius 1 is 1.05 bits per heavy atom. The Balaban J connectivity index is 1.77. The number of benzene rings is 1. The van der Waals surface area contributed by atoms with Crippen molar-refractivity contribution in [1.82, 2.24) is 10.6 Å². The van der Waals surface area contributed by atoms with Crippen molar-refractivity contribution < 1.29 is 0 Å². The molecule has 0 unspecified atom stereocenters. The van der Waals surface area contributed by atoms with Crippen LogP contribution in [-0.2, 0) is 0 Å². The summed E-state index contributed by atoms with van der Waals surface area (Å²) in [4.78, 5) is 5.91. The number of guanidine groups is 1. The molecule has 20 heavy (non-hydrogen) atoms. The Hall–Kier alpha value is -1.16. The summed E-state index contributed by atoms with van der Waals surface area (Å²) in [6, 6.07) is 8.54. The number of unbranched alkanes of at least 4 members (excludes halogenated alkanes) is 3. The fraction of sp³-hybridized carbons (Fsp3) is 0.562. The average molecular weight is 291 g/mol. The van der Waals surface area contributed by atoms with E-state index in [0.29, 0.717) is 0 Å². The number of hydrogen-bond donors (Lipinski definition) is 2. The molecule has 0 amide bonds. The van der Waals surface area contributed by atoms with Crippen LogP contribution in [0.5, 0.6) is 0 Å². The minimum Gasteiger partial charge on any atom is -0.356 e. The summed E-state index contributed by atoms with van der Waals surface area (Å²) in [5.74, 6) is 2.12. The third-order valence-electron chi connectivity index (χ3n) is 3.28. The Bertz CT molecular complexity index is 406. The van der Waals surface area contributed by atoms with Crippen LogP contribution in [-0.4, -0.2) is 24.8 Å². The summed E-state index contributed by atoms with van der Waals surface area (Å²) in [6.45, 7) is 4.28. The van der Waals surface area contributed by atoms with Crippen molar-refractivity contribution in [3.63, 3.8) is 0 Å². The van der Waals surface area contributed by atoms with Crippen LogP contribution < -0.4 is 10.6 Å². The SMILES string of the molecule is CCCCCCSc1ccc(N=C2NCCCN2)cc1. The van der Waals surface area contributed by atoms with Gasteiger partial charge in [0.05, 0.1) is 5.69 Å². The molecular formula is C16H25N3S. The van der Waals surface area contributed by atoms with Crippen molar-refractivity contribution in [3.8, 4) is 0 Å². The molecule has 110 valence electrons. The number of thioether (sulfide) groups is 1. The van der Waals surface area contributed by atoms with Gasteiger partial charge in [0.15, 0.2) is 5.96 Å². The molecule has 1 aromatic rings. The maximum atomic E-state index is 4.57. The number of nitrogens with one attached hydrogen (secondary N) is 2. The van der Waals surface area contributed by atoms with Crippen LogP contribution in [0, 0.1) is 0 Å². The molecule has 0 aromatic heterocycles. The van der Waals surface area contributed by atoms with E-state index in [1.165, 1.54) is 36.3 Å². The number of rotatable bonds is 7. The molecule has 1 saturated heterocycles. The highest BCUT2D eigenvalue weighted by molar-refractivity contribution is 7.99. The molecular weight excluding hydrogens is 266 g/mol. The lowest BCUT2D eigenvalue weighted by Gasteiger charge is -2.17. The van der Waals surface area contributed by atoms with Crippen molar-refractivity contribution in [2.24, 2.45) is 4.99 Å². The van der Waals surface area contributed by atoms with Gasteiger partial charge in [-0.05, 0) is 42.9 Å². The molecule has 0 atom stereocenters. The first-order valence-electron chi connectivity index (χ1n) is 7.68. The second-order valence-corrected chi connectivity index (χ2v) is 6.24. The van der Waals surface area contributed by atoms with Gasteiger partial charge < -0.3 is 10.6 Å². The molecule has 1 heterocycles. The van der Waals surface area contributed by atoms with E-state index in [1.54, 1.807) is 0 Å². The monoisotopic (exact) mass is 291 g/mol. The van der Waals surface area contributed by atoms with Crippen LogP contribution in [0.25, 0.3) is 0 Å². The highest BCUT2D eigenvalue weighted by atomic mass is 32.2. The molecule has 1 aromatic carbocycles. The summed E-state index contributed by atoms with van der Waals surface area (Å²) in [6.07, 6.45) is 6.49. The molecule has 2 N–H and O–H groups in total. The molecule has 0 aliphatic carbocycles. The van der Waals surface area contributed by atoms with Crippen LogP contribution in [0.2, 0.25) is 0 Å². The number of nitrogens with zero attached hydrogens (tertiary/aromatic N) is 1. The van der Waals surface area contributed by atoms with Crippen LogP contribution in [0.15, 0.2) is 34.2 Å². The summed E-state index contributed by atoms with van der Waals surface area (Å²) in [5.41, 5.74) is 1.01. The van der Waals surface area contributed by atoms with E-state index in [-0.39, 0.29) is 0 Å². The van der Waals surface area contributed by atoms with E-state index < -0.39 is 0 Å². The van der Waals surface area contributed by atoms with Gasteiger partial charge in [0.2, 0.25) is 0 Å². The topological polar surface area (TPSA) is 36.4 Å². The normalized spacial score (nSPS) is 14.6. The standard InChI is InChI=1S/C16H25N3S/c1-2-3-4-5-13-20-15-9-7-14(8-10-15)19-16-17-11-6-12-18-16/h7-10H,2-6,11-13H2,1H3,(H2,17,18,19). The van der Waals surface area contributed by atoms with Gasteiger partial charge in [0, 0.05) is 18.0 Å². The minimum atomic E-state index is 0.899. The van der Waals surface area contributed by atoms with Gasteiger partial charge in [-0.3, -0.25) is 0 Å². The lowest BCUT2D eigenvalue weighted by molar-refractivity contribution is 0.668. The summed E-state index contributed by atoms with van der Waals surface area (Å²) in [7, 11) is 0. The van der Waals surface area contributed by atoms with Crippen molar-refractivity contribution in [2.45, 2.75) is 43.9 Å². The Kier molecular flexibility index (Phi) is 6.78. The highest BCUT2D eigenvalue weighted by Crippen LogP contribution is 2.23. The second kappa shape index (κ2) is 8.90. The Morgan fingerprint density at radius 3 is 2.50 bits per heavy atom.